The van der Waals surface area contributed by atoms with E-state index in [4.69, 9.17) is 11.6 Å². The van der Waals surface area contributed by atoms with Gasteiger partial charge in [-0.15, -0.1) is 0 Å². The second-order valence-electron chi connectivity index (χ2n) is 5.95. The van der Waals surface area contributed by atoms with Gasteiger partial charge in [-0.2, -0.15) is 0 Å². The van der Waals surface area contributed by atoms with Gasteiger partial charge in [0.1, 0.15) is 0 Å². The smallest absolute Gasteiger partial charge is 0.230 e. The third-order valence-corrected chi connectivity index (χ3v) is 4.37. The summed E-state index contributed by atoms with van der Waals surface area (Å²) in [6.07, 6.45) is 0. The fourth-order valence-electron chi connectivity index (χ4n) is 2.57. The largest absolute Gasteiger partial charge is 0.354 e. The second-order valence-corrected chi connectivity index (χ2v) is 6.36. The second kappa shape index (κ2) is 7.25. The number of piperazine rings is 1. The summed E-state index contributed by atoms with van der Waals surface area (Å²) in [5, 5.41) is 7.00. The summed E-state index contributed by atoms with van der Waals surface area (Å²) < 4.78 is 0. The summed E-state index contributed by atoms with van der Waals surface area (Å²) in [5.41, 5.74) is 0.244. The van der Waals surface area contributed by atoms with Crippen LogP contribution in [0.3, 0.4) is 0 Å². The number of benzene rings is 1. The first kappa shape index (κ1) is 16.3. The molecule has 1 heterocycles. The van der Waals surface area contributed by atoms with Crippen LogP contribution in [0.15, 0.2) is 24.3 Å². The number of rotatable bonds is 5. The Balaban J connectivity index is 1.88. The van der Waals surface area contributed by atoms with Crippen LogP contribution >= 0.6 is 11.6 Å². The molecule has 116 valence electrons. The molecule has 1 aliphatic heterocycles. The Morgan fingerprint density at radius 1 is 1.33 bits per heavy atom. The van der Waals surface area contributed by atoms with Crippen LogP contribution in [-0.4, -0.2) is 50.1 Å². The molecule has 1 amide bonds. The molecule has 0 unspecified atom stereocenters. The molecule has 1 aliphatic rings. The Kier molecular flexibility index (Phi) is 5.62. The van der Waals surface area contributed by atoms with E-state index in [-0.39, 0.29) is 5.91 Å². The van der Waals surface area contributed by atoms with E-state index >= 15 is 0 Å². The molecule has 21 heavy (non-hydrogen) atoms. The van der Waals surface area contributed by atoms with Crippen LogP contribution in [0.1, 0.15) is 19.4 Å². The standard InChI is InChI=1S/C16H24ClN3O/c1-16(2,13-5-3-4-6-14(13)17)15(21)19-9-12-20-10-7-18-8-11-20/h3-6,18H,7-12H2,1-2H3,(H,19,21). The van der Waals surface area contributed by atoms with E-state index < -0.39 is 5.41 Å². The maximum absolute atomic E-state index is 12.5. The molecular formula is C16H24ClN3O. The molecule has 1 aromatic carbocycles. The Labute approximate surface area is 131 Å². The van der Waals surface area contributed by atoms with Crippen LogP contribution in [0, 0.1) is 0 Å². The van der Waals surface area contributed by atoms with E-state index in [0.29, 0.717) is 11.6 Å². The van der Waals surface area contributed by atoms with E-state index in [9.17, 15) is 4.79 Å². The first-order chi connectivity index (χ1) is 10.0. The van der Waals surface area contributed by atoms with Crippen molar-refractivity contribution in [1.29, 1.82) is 0 Å². The lowest BCUT2D eigenvalue weighted by Crippen LogP contribution is -2.48. The van der Waals surface area contributed by atoms with Crippen molar-refractivity contribution in [3.05, 3.63) is 34.9 Å². The summed E-state index contributed by atoms with van der Waals surface area (Å²) in [7, 11) is 0. The number of hydrogen-bond acceptors (Lipinski definition) is 3. The average molecular weight is 310 g/mol. The Morgan fingerprint density at radius 2 is 2.00 bits per heavy atom. The molecule has 0 radical (unpaired) electrons. The molecule has 5 heteroatoms. The van der Waals surface area contributed by atoms with Gasteiger partial charge in [0.25, 0.3) is 0 Å². The predicted molar refractivity (Wildman–Crippen MR) is 86.8 cm³/mol. The van der Waals surface area contributed by atoms with Crippen LogP contribution in [-0.2, 0) is 10.2 Å². The van der Waals surface area contributed by atoms with Crippen molar-refractivity contribution >= 4 is 17.5 Å². The first-order valence-electron chi connectivity index (χ1n) is 7.48. The fourth-order valence-corrected chi connectivity index (χ4v) is 2.95. The van der Waals surface area contributed by atoms with E-state index in [2.05, 4.69) is 15.5 Å². The molecule has 0 bridgehead atoms. The van der Waals surface area contributed by atoms with E-state index in [0.717, 1.165) is 38.3 Å². The molecule has 1 fully saturated rings. The third kappa shape index (κ3) is 4.19. The molecule has 2 N–H and O–H groups in total. The van der Waals surface area contributed by atoms with Crippen molar-refractivity contribution in [2.45, 2.75) is 19.3 Å². The minimum absolute atomic E-state index is 0.0192. The average Bonchev–Trinajstić information content (AvgIpc) is 2.48. The third-order valence-electron chi connectivity index (χ3n) is 4.04. The van der Waals surface area contributed by atoms with Gasteiger partial charge in [-0.3, -0.25) is 9.69 Å². The summed E-state index contributed by atoms with van der Waals surface area (Å²) >= 11 is 6.21. The summed E-state index contributed by atoms with van der Waals surface area (Å²) in [6.45, 7) is 9.53. The van der Waals surface area contributed by atoms with Crippen molar-refractivity contribution in [2.24, 2.45) is 0 Å². The van der Waals surface area contributed by atoms with Crippen molar-refractivity contribution < 1.29 is 4.79 Å². The van der Waals surface area contributed by atoms with E-state index in [1.165, 1.54) is 0 Å². The normalized spacial score (nSPS) is 16.7. The van der Waals surface area contributed by atoms with Gasteiger partial charge >= 0.3 is 0 Å². The fraction of sp³-hybridized carbons (Fsp3) is 0.562. The molecule has 1 aromatic rings. The topological polar surface area (TPSA) is 44.4 Å². The van der Waals surface area contributed by atoms with Gasteiger partial charge in [-0.1, -0.05) is 29.8 Å². The zero-order valence-electron chi connectivity index (χ0n) is 12.8. The van der Waals surface area contributed by atoms with E-state index in [1.54, 1.807) is 0 Å². The van der Waals surface area contributed by atoms with Crippen molar-refractivity contribution in [2.75, 3.05) is 39.3 Å². The van der Waals surface area contributed by atoms with E-state index in [1.807, 2.05) is 38.1 Å². The molecule has 1 saturated heterocycles. The first-order valence-corrected chi connectivity index (χ1v) is 7.86. The number of nitrogens with one attached hydrogen (secondary N) is 2. The maximum atomic E-state index is 12.5. The summed E-state index contributed by atoms with van der Waals surface area (Å²) in [6, 6.07) is 7.53. The lowest BCUT2D eigenvalue weighted by molar-refractivity contribution is -0.125. The molecule has 0 aromatic heterocycles. The number of hydrogen-bond donors (Lipinski definition) is 2. The molecule has 2 rings (SSSR count). The SMILES string of the molecule is CC(C)(C(=O)NCCN1CCNCC1)c1ccccc1Cl. The highest BCUT2D eigenvalue weighted by molar-refractivity contribution is 6.31. The Morgan fingerprint density at radius 3 is 2.67 bits per heavy atom. The molecule has 4 nitrogen and oxygen atoms in total. The van der Waals surface area contributed by atoms with Crippen molar-refractivity contribution in [3.63, 3.8) is 0 Å². The quantitative estimate of drug-likeness (QED) is 0.869. The Hall–Kier alpha value is -1.10. The number of halogens is 1. The van der Waals surface area contributed by atoms with Crippen LogP contribution < -0.4 is 10.6 Å². The number of amides is 1. The summed E-state index contributed by atoms with van der Waals surface area (Å²) in [5.74, 6) is 0.0192. The highest BCUT2D eigenvalue weighted by Crippen LogP contribution is 2.29. The van der Waals surface area contributed by atoms with Gasteiger partial charge in [0.2, 0.25) is 5.91 Å². The van der Waals surface area contributed by atoms with Crippen LogP contribution in [0.4, 0.5) is 0 Å². The molecule has 0 saturated carbocycles. The van der Waals surface area contributed by atoms with Crippen molar-refractivity contribution in [3.8, 4) is 0 Å². The van der Waals surface area contributed by atoms with Gasteiger partial charge in [-0.25, -0.2) is 0 Å². The van der Waals surface area contributed by atoms with Gasteiger partial charge in [0.15, 0.2) is 0 Å². The highest BCUT2D eigenvalue weighted by atomic mass is 35.5. The minimum Gasteiger partial charge on any atom is -0.354 e. The van der Waals surface area contributed by atoms with Gasteiger partial charge < -0.3 is 10.6 Å². The lowest BCUT2D eigenvalue weighted by atomic mass is 9.83. The maximum Gasteiger partial charge on any atom is 0.230 e. The van der Waals surface area contributed by atoms with Gasteiger partial charge in [0.05, 0.1) is 5.41 Å². The molecule has 0 spiro atoms. The van der Waals surface area contributed by atoms with Crippen LogP contribution in [0.5, 0.6) is 0 Å². The number of nitrogens with zero attached hydrogens (tertiary/aromatic N) is 1. The van der Waals surface area contributed by atoms with Crippen LogP contribution in [0.2, 0.25) is 5.02 Å². The van der Waals surface area contributed by atoms with Crippen molar-refractivity contribution in [1.82, 2.24) is 15.5 Å². The molecule has 0 atom stereocenters. The van der Waals surface area contributed by atoms with Gasteiger partial charge in [0, 0.05) is 44.3 Å². The zero-order chi connectivity index (χ0) is 15.3. The molecule has 0 aliphatic carbocycles. The monoisotopic (exact) mass is 309 g/mol. The van der Waals surface area contributed by atoms with Crippen LogP contribution in [0.25, 0.3) is 0 Å². The Bertz CT molecular complexity index is 484. The molecular weight excluding hydrogens is 286 g/mol. The minimum atomic E-state index is -0.623. The zero-order valence-corrected chi connectivity index (χ0v) is 13.5. The lowest BCUT2D eigenvalue weighted by Gasteiger charge is -2.29. The number of carbonyl (C=O) groups is 1. The van der Waals surface area contributed by atoms with Gasteiger partial charge in [-0.05, 0) is 25.5 Å². The summed E-state index contributed by atoms with van der Waals surface area (Å²) in [4.78, 5) is 14.8. The number of carbonyl (C=O) groups excluding carboxylic acids is 1. The highest BCUT2D eigenvalue weighted by Gasteiger charge is 2.31. The predicted octanol–water partition coefficient (Wildman–Crippen LogP) is 1.64.